The van der Waals surface area contributed by atoms with Crippen LogP contribution in [0.4, 0.5) is 18.0 Å². The topological polar surface area (TPSA) is 63.7 Å². The van der Waals surface area contributed by atoms with E-state index in [0.717, 1.165) is 28.6 Å². The van der Waals surface area contributed by atoms with E-state index < -0.39 is 27.7 Å². The Balaban J connectivity index is 2.20. The third kappa shape index (κ3) is 3.54. The van der Waals surface area contributed by atoms with Gasteiger partial charge in [0.1, 0.15) is 6.61 Å². The maximum atomic E-state index is 12.4. The molecule has 21 heavy (non-hydrogen) atoms. The van der Waals surface area contributed by atoms with Crippen molar-refractivity contribution in [2.24, 2.45) is 0 Å². The molecule has 0 atom stereocenters. The number of halogens is 3. The summed E-state index contributed by atoms with van der Waals surface area (Å²) in [5.74, 6) is 0. The lowest BCUT2D eigenvalue weighted by Gasteiger charge is -2.08. The quantitative estimate of drug-likeness (QED) is 0.857. The highest BCUT2D eigenvalue weighted by molar-refractivity contribution is 7.94. The van der Waals surface area contributed by atoms with Gasteiger partial charge in [0.2, 0.25) is 9.84 Å². The summed E-state index contributed by atoms with van der Waals surface area (Å²) < 4.78 is 65.6. The second-order valence-electron chi connectivity index (χ2n) is 4.16. The second-order valence-corrected chi connectivity index (χ2v) is 5.99. The monoisotopic (exact) mass is 321 g/mol. The molecule has 0 radical (unpaired) electrons. The zero-order valence-corrected chi connectivity index (χ0v) is 11.3. The number of hydrogen-bond acceptors (Lipinski definition) is 4. The van der Waals surface area contributed by atoms with Crippen LogP contribution in [-0.4, -0.2) is 32.6 Å². The number of cyclic esters (lactones) is 1. The molecule has 9 heteroatoms. The molecule has 114 valence electrons. The van der Waals surface area contributed by atoms with E-state index >= 15 is 0 Å². The normalized spacial score (nSPS) is 16.5. The minimum Gasteiger partial charge on any atom is -0.447 e. The molecule has 0 aromatic heterocycles. The summed E-state index contributed by atoms with van der Waals surface area (Å²) in [4.78, 5) is 11.9. The van der Waals surface area contributed by atoms with Crippen molar-refractivity contribution in [2.45, 2.75) is 11.1 Å². The molecule has 0 spiro atoms. The summed E-state index contributed by atoms with van der Waals surface area (Å²) in [5.41, 5.74) is -0.937. The molecule has 0 aliphatic carbocycles. The lowest BCUT2D eigenvalue weighted by Crippen LogP contribution is -2.17. The van der Waals surface area contributed by atoms with Crippen LogP contribution in [0.25, 0.3) is 0 Å². The van der Waals surface area contributed by atoms with Gasteiger partial charge in [-0.2, -0.15) is 13.2 Å². The van der Waals surface area contributed by atoms with Crippen LogP contribution in [-0.2, 0) is 20.8 Å². The molecular formula is C12H10F3NO4S. The molecule has 2 rings (SSSR count). The number of hydrogen-bond donors (Lipinski definition) is 0. The van der Waals surface area contributed by atoms with Gasteiger partial charge in [-0.25, -0.2) is 13.2 Å². The van der Waals surface area contributed by atoms with Gasteiger partial charge in [0.05, 0.1) is 22.4 Å². The molecule has 1 heterocycles. The Morgan fingerprint density at radius 3 is 2.29 bits per heavy atom. The highest BCUT2D eigenvalue weighted by atomic mass is 32.2. The Hall–Kier alpha value is -2.03. The maximum Gasteiger partial charge on any atom is 0.416 e. The van der Waals surface area contributed by atoms with Crippen LogP contribution in [0.3, 0.4) is 0 Å². The lowest BCUT2D eigenvalue weighted by atomic mass is 10.2. The van der Waals surface area contributed by atoms with Crippen LogP contribution in [0.2, 0.25) is 0 Å². The summed E-state index contributed by atoms with van der Waals surface area (Å²) in [6, 6.07) is 3.10. The highest BCUT2D eigenvalue weighted by Gasteiger charge is 2.30. The number of nitrogens with zero attached hydrogens (tertiary/aromatic N) is 1. The largest absolute Gasteiger partial charge is 0.447 e. The third-order valence-corrected chi connectivity index (χ3v) is 4.13. The van der Waals surface area contributed by atoms with Crippen molar-refractivity contribution in [2.75, 3.05) is 13.2 Å². The fourth-order valence-electron chi connectivity index (χ4n) is 1.61. The summed E-state index contributed by atoms with van der Waals surface area (Å²) >= 11 is 0. The Labute approximate surface area is 118 Å². The standard InChI is InChI=1S/C12H10F3NO4S/c13-12(14,15)9-1-3-10(4-2-9)21(18,19)8-6-16-5-7-20-11(16)17/h1-4,6,8H,5,7H2/b8-6+. The van der Waals surface area contributed by atoms with E-state index in [1.54, 1.807) is 0 Å². The van der Waals surface area contributed by atoms with Gasteiger partial charge in [-0.15, -0.1) is 0 Å². The predicted octanol–water partition coefficient (Wildman–Crippen LogP) is 2.40. The minimum absolute atomic E-state index is 0.156. The first-order valence-corrected chi connectivity index (χ1v) is 7.29. The van der Waals surface area contributed by atoms with Crippen LogP contribution >= 0.6 is 0 Å². The molecule has 1 fully saturated rings. The average Bonchev–Trinajstić information content (AvgIpc) is 2.81. The number of amides is 1. The van der Waals surface area contributed by atoms with E-state index in [2.05, 4.69) is 4.74 Å². The van der Waals surface area contributed by atoms with Gasteiger partial charge in [-0.05, 0) is 24.3 Å². The fourth-order valence-corrected chi connectivity index (χ4v) is 2.59. The SMILES string of the molecule is O=C1OCCN1/C=C/S(=O)(=O)c1ccc(C(F)(F)F)cc1. The molecule has 1 saturated heterocycles. The van der Waals surface area contributed by atoms with E-state index in [1.165, 1.54) is 0 Å². The Morgan fingerprint density at radius 2 is 1.81 bits per heavy atom. The van der Waals surface area contributed by atoms with Crippen LogP contribution < -0.4 is 0 Å². The van der Waals surface area contributed by atoms with E-state index in [0.29, 0.717) is 12.1 Å². The zero-order chi connectivity index (χ0) is 15.7. The molecule has 1 aromatic carbocycles. The van der Waals surface area contributed by atoms with Gasteiger partial charge < -0.3 is 4.74 Å². The molecule has 1 aliphatic rings. The van der Waals surface area contributed by atoms with Crippen molar-refractivity contribution in [3.05, 3.63) is 41.4 Å². The first kappa shape index (κ1) is 15.4. The molecule has 1 aliphatic heterocycles. The molecule has 1 aromatic rings. The van der Waals surface area contributed by atoms with Crippen LogP contribution in [0.5, 0.6) is 0 Å². The molecule has 0 unspecified atom stereocenters. The van der Waals surface area contributed by atoms with Crippen molar-refractivity contribution >= 4 is 15.9 Å². The van der Waals surface area contributed by atoms with E-state index in [1.807, 2.05) is 0 Å². The molecule has 0 saturated carbocycles. The first-order valence-electron chi connectivity index (χ1n) is 5.74. The number of benzene rings is 1. The van der Waals surface area contributed by atoms with Crippen molar-refractivity contribution < 1.29 is 31.1 Å². The van der Waals surface area contributed by atoms with Gasteiger partial charge in [-0.1, -0.05) is 0 Å². The second kappa shape index (κ2) is 5.40. The number of rotatable bonds is 3. The third-order valence-electron chi connectivity index (χ3n) is 2.72. The van der Waals surface area contributed by atoms with Crippen LogP contribution in [0.15, 0.2) is 40.8 Å². The predicted molar refractivity (Wildman–Crippen MR) is 65.8 cm³/mol. The smallest absolute Gasteiger partial charge is 0.416 e. The summed E-state index contributed by atoms with van der Waals surface area (Å²) in [6.07, 6.45) is -4.17. The van der Waals surface area contributed by atoms with Crippen LogP contribution in [0, 0.1) is 0 Å². The van der Waals surface area contributed by atoms with E-state index in [4.69, 9.17) is 0 Å². The van der Waals surface area contributed by atoms with Gasteiger partial charge in [0.15, 0.2) is 0 Å². The summed E-state index contributed by atoms with van der Waals surface area (Å²) in [7, 11) is -3.93. The summed E-state index contributed by atoms with van der Waals surface area (Å²) in [5, 5.41) is 0.752. The Morgan fingerprint density at radius 1 is 1.19 bits per heavy atom. The van der Waals surface area contributed by atoms with Gasteiger partial charge >= 0.3 is 12.3 Å². The van der Waals surface area contributed by atoms with Crippen molar-refractivity contribution in [1.29, 1.82) is 0 Å². The molecular weight excluding hydrogens is 311 g/mol. The minimum atomic E-state index is -4.53. The van der Waals surface area contributed by atoms with E-state index in [-0.39, 0.29) is 18.0 Å². The van der Waals surface area contributed by atoms with Crippen LogP contribution in [0.1, 0.15) is 5.56 Å². The number of carbonyl (C=O) groups is 1. The molecule has 5 nitrogen and oxygen atoms in total. The lowest BCUT2D eigenvalue weighted by molar-refractivity contribution is -0.137. The molecule has 0 bridgehead atoms. The van der Waals surface area contributed by atoms with Crippen molar-refractivity contribution in [1.82, 2.24) is 4.90 Å². The average molecular weight is 321 g/mol. The van der Waals surface area contributed by atoms with Gasteiger partial charge in [-0.3, -0.25) is 4.90 Å². The Bertz CT molecular complexity index is 665. The molecule has 0 N–H and O–H groups in total. The number of alkyl halides is 3. The fraction of sp³-hybridized carbons (Fsp3) is 0.250. The highest BCUT2D eigenvalue weighted by Crippen LogP contribution is 2.29. The Kier molecular flexibility index (Phi) is 3.95. The maximum absolute atomic E-state index is 12.4. The van der Waals surface area contributed by atoms with Crippen molar-refractivity contribution in [3.8, 4) is 0 Å². The zero-order valence-electron chi connectivity index (χ0n) is 10.5. The number of carbonyl (C=O) groups excluding carboxylic acids is 1. The first-order chi connectivity index (χ1) is 9.70. The van der Waals surface area contributed by atoms with E-state index in [9.17, 15) is 26.4 Å². The number of ether oxygens (including phenoxy) is 1. The van der Waals surface area contributed by atoms with Gasteiger partial charge in [0, 0.05) is 6.20 Å². The number of sulfone groups is 1. The summed E-state index contributed by atoms with van der Waals surface area (Å²) in [6.45, 7) is 0.376. The molecule has 1 amide bonds. The van der Waals surface area contributed by atoms with Gasteiger partial charge in [0.25, 0.3) is 0 Å². The van der Waals surface area contributed by atoms with Crippen molar-refractivity contribution in [3.63, 3.8) is 0 Å².